The van der Waals surface area contributed by atoms with Gasteiger partial charge in [0.2, 0.25) is 11.6 Å². The number of esters is 1. The molecule has 1 fully saturated rings. The highest BCUT2D eigenvalue weighted by Crippen LogP contribution is 2.74. The molecule has 3 aliphatic carbocycles. The van der Waals surface area contributed by atoms with Crippen molar-refractivity contribution >= 4 is 23.2 Å². The smallest absolute Gasteiger partial charge is 0.337 e. The average molecular weight is 580 g/mol. The lowest BCUT2D eigenvalue weighted by molar-refractivity contribution is -0.137. The van der Waals surface area contributed by atoms with Gasteiger partial charge in [-0.15, -0.1) is 0 Å². The van der Waals surface area contributed by atoms with Gasteiger partial charge in [0.15, 0.2) is 0 Å². The van der Waals surface area contributed by atoms with Crippen LogP contribution in [0.3, 0.4) is 0 Å². The Morgan fingerprint density at radius 2 is 1.56 bits per heavy atom. The monoisotopic (exact) mass is 579 g/mol. The number of benzene rings is 2. The van der Waals surface area contributed by atoms with Crippen molar-refractivity contribution in [2.24, 2.45) is 11.8 Å². The number of hydrogen-bond acceptors (Lipinski definition) is 10. The molecule has 1 saturated heterocycles. The minimum atomic E-state index is -1.30. The first-order chi connectivity index (χ1) is 20.7. The molecule has 2 aromatic rings. The number of rotatable bonds is 4. The minimum Gasteiger partial charge on any atom is -0.507 e. The van der Waals surface area contributed by atoms with Crippen LogP contribution in [0.1, 0.15) is 44.3 Å². The van der Waals surface area contributed by atoms with Crippen LogP contribution in [-0.2, 0) is 24.6 Å². The van der Waals surface area contributed by atoms with Gasteiger partial charge in [-0.25, -0.2) is 4.79 Å². The number of epoxide rings is 1. The maximum Gasteiger partial charge on any atom is 0.337 e. The predicted molar refractivity (Wildman–Crippen MR) is 151 cm³/mol. The maximum atomic E-state index is 14.4. The fourth-order valence-electron chi connectivity index (χ4n) is 7.35. The number of methoxy groups -OCH3 is 4. The molecule has 7 rings (SSSR count). The van der Waals surface area contributed by atoms with Gasteiger partial charge in [-0.05, 0) is 30.4 Å². The summed E-state index contributed by atoms with van der Waals surface area (Å²) in [4.78, 5) is 41.5. The first-order valence-corrected chi connectivity index (χ1v) is 13.5. The van der Waals surface area contributed by atoms with E-state index in [-0.39, 0.29) is 50.8 Å². The molecule has 0 aromatic heterocycles. The average Bonchev–Trinajstić information content (AvgIpc) is 3.74. The third kappa shape index (κ3) is 3.01. The Labute approximate surface area is 246 Å². The molecule has 10 heteroatoms. The van der Waals surface area contributed by atoms with Crippen molar-refractivity contribution in [3.8, 4) is 40.9 Å². The number of carbonyl (C=O) groups excluding carboxylic acids is 3. The fourth-order valence-corrected chi connectivity index (χ4v) is 7.35. The van der Waals surface area contributed by atoms with Crippen molar-refractivity contribution in [1.82, 2.24) is 0 Å². The molecule has 0 radical (unpaired) electrons. The number of anilines is 1. The molecule has 5 atom stereocenters. The summed E-state index contributed by atoms with van der Waals surface area (Å²) >= 11 is 0. The molecule has 2 heterocycles. The highest BCUT2D eigenvalue weighted by Gasteiger charge is 2.85. The molecule has 0 saturated carbocycles. The molecule has 43 heavy (non-hydrogen) atoms. The van der Waals surface area contributed by atoms with Gasteiger partial charge >= 0.3 is 5.97 Å². The summed E-state index contributed by atoms with van der Waals surface area (Å²) in [5, 5.41) is 14.8. The summed E-state index contributed by atoms with van der Waals surface area (Å²) in [5.41, 5.74) is -1.74. The zero-order valence-electron chi connectivity index (χ0n) is 23.8. The Bertz CT molecular complexity index is 1900. The number of phenols is 1. The predicted octanol–water partition coefficient (Wildman–Crippen LogP) is 2.86. The summed E-state index contributed by atoms with van der Waals surface area (Å²) in [6, 6.07) is 3.74. The van der Waals surface area contributed by atoms with Gasteiger partial charge in [-0.1, -0.05) is 30.6 Å². The van der Waals surface area contributed by atoms with Crippen LogP contribution in [0.25, 0.3) is 0 Å². The van der Waals surface area contributed by atoms with E-state index in [4.69, 9.17) is 23.7 Å². The number of hydrogen-bond donors (Lipinski definition) is 2. The van der Waals surface area contributed by atoms with Crippen molar-refractivity contribution in [2.75, 3.05) is 33.8 Å². The van der Waals surface area contributed by atoms with Gasteiger partial charge in [0.05, 0.1) is 62.0 Å². The van der Waals surface area contributed by atoms with Crippen molar-refractivity contribution in [3.63, 3.8) is 0 Å². The highest BCUT2D eigenvalue weighted by molar-refractivity contribution is 6.33. The van der Waals surface area contributed by atoms with E-state index in [1.165, 1.54) is 40.6 Å². The lowest BCUT2D eigenvalue weighted by Gasteiger charge is -2.43. The van der Waals surface area contributed by atoms with Crippen LogP contribution in [0.15, 0.2) is 41.7 Å². The van der Waals surface area contributed by atoms with E-state index >= 15 is 0 Å². The molecule has 0 unspecified atom stereocenters. The number of phenolic OH excluding ortho intramolecular Hbond substituents is 1. The molecule has 5 aliphatic rings. The van der Waals surface area contributed by atoms with Crippen molar-refractivity contribution in [3.05, 3.63) is 69.5 Å². The number of fused-ring (bicyclic) bond motifs is 4. The third-order valence-corrected chi connectivity index (χ3v) is 9.11. The molecule has 0 spiro atoms. The molecular weight excluding hydrogens is 554 g/mol. The molecule has 10 nitrogen and oxygen atoms in total. The number of ether oxygens (including phenoxy) is 5. The third-order valence-electron chi connectivity index (χ3n) is 9.11. The largest absolute Gasteiger partial charge is 0.507 e. The topological polar surface area (TPSA) is 133 Å². The van der Waals surface area contributed by atoms with Crippen LogP contribution in [0.4, 0.5) is 5.69 Å². The fraction of sp³-hybridized carbons (Fsp3) is 0.303. The number of carbonyl (C=O) groups is 3. The van der Waals surface area contributed by atoms with Crippen LogP contribution in [0.2, 0.25) is 0 Å². The molecule has 2 aromatic carbocycles. The van der Waals surface area contributed by atoms with Crippen LogP contribution in [0, 0.1) is 35.5 Å². The van der Waals surface area contributed by atoms with Crippen molar-refractivity contribution in [2.45, 2.75) is 24.2 Å². The molecule has 4 bridgehead atoms. The van der Waals surface area contributed by atoms with Gasteiger partial charge in [0.1, 0.15) is 46.2 Å². The number of allylic oxidation sites excluding steroid dienone is 2. The first kappa shape index (κ1) is 26.7. The number of ketones is 2. The summed E-state index contributed by atoms with van der Waals surface area (Å²) < 4.78 is 28.6. The summed E-state index contributed by atoms with van der Waals surface area (Å²) in [5.74, 6) is 9.29. The Morgan fingerprint density at radius 1 is 0.930 bits per heavy atom. The standard InChI is InChI=1S/C33H25NO9/c1-15-22(31(38)42-5)30(41-4)16-10-8-6-7-9-11-21-32(15)33(16,43-32)17-14-18(35)23-26(27(17)34-21)29(37)25-20(40-3)13-12-19(39-2)24(25)28(23)36/h6-7,12-16,21,34-35H,1-5H3/b7-6-/t15-,16+,21-,32-,33+/m0/s1. The maximum absolute atomic E-state index is 14.4. The van der Waals surface area contributed by atoms with Gasteiger partial charge in [0, 0.05) is 11.5 Å². The van der Waals surface area contributed by atoms with E-state index in [0.29, 0.717) is 5.56 Å². The summed E-state index contributed by atoms with van der Waals surface area (Å²) in [6.45, 7) is 1.82. The van der Waals surface area contributed by atoms with E-state index in [2.05, 4.69) is 29.0 Å². The first-order valence-electron chi connectivity index (χ1n) is 13.5. The second-order valence-corrected chi connectivity index (χ2v) is 10.7. The zero-order chi connectivity index (χ0) is 30.4. The lowest BCUT2D eigenvalue weighted by atomic mass is 9.59. The Kier molecular flexibility index (Phi) is 5.53. The van der Waals surface area contributed by atoms with Crippen molar-refractivity contribution in [1.29, 1.82) is 0 Å². The summed E-state index contributed by atoms with van der Waals surface area (Å²) in [6.07, 6.45) is 3.18. The molecule has 0 amide bonds. The van der Waals surface area contributed by atoms with Gasteiger partial charge in [-0.3, -0.25) is 9.59 Å². The van der Waals surface area contributed by atoms with Gasteiger partial charge < -0.3 is 34.1 Å². The Hall–Kier alpha value is -5.19. The molecule has 216 valence electrons. The SMILES string of the molecule is COC(=O)C1=C(OC)[C@H]2C#C/C=C\C#C[C@@H]3Nc4c(cc(O)c5c4C(=O)c4c(OC)ccc(OC)c4C5=O)[C@]24O[C@@]34[C@H]1C. The quantitative estimate of drug-likeness (QED) is 0.206. The number of nitrogens with one attached hydrogen (secondary N) is 1. The molecule has 2 N–H and O–H groups in total. The van der Waals surface area contributed by atoms with Crippen molar-refractivity contribution < 1.29 is 43.2 Å². The van der Waals surface area contributed by atoms with Gasteiger partial charge in [-0.2, -0.15) is 0 Å². The van der Waals surface area contributed by atoms with Crippen LogP contribution < -0.4 is 14.8 Å². The number of aromatic hydroxyl groups is 1. The van der Waals surface area contributed by atoms with Crippen LogP contribution >= 0.6 is 0 Å². The Balaban J connectivity index is 1.57. The minimum absolute atomic E-state index is 0.00108. The van der Waals surface area contributed by atoms with Gasteiger partial charge in [0.25, 0.3) is 0 Å². The second kappa shape index (κ2) is 8.90. The van der Waals surface area contributed by atoms with E-state index in [1.54, 1.807) is 18.2 Å². The van der Waals surface area contributed by atoms with E-state index in [9.17, 15) is 19.5 Å². The molecular formula is C33H25NO9. The van der Waals surface area contributed by atoms with E-state index in [1.807, 2.05) is 6.92 Å². The van der Waals surface area contributed by atoms with Crippen LogP contribution in [-0.4, -0.2) is 62.7 Å². The normalized spacial score (nSPS) is 29.0. The lowest BCUT2D eigenvalue weighted by Crippen LogP contribution is -2.55. The summed E-state index contributed by atoms with van der Waals surface area (Å²) in [7, 11) is 5.52. The van der Waals surface area contributed by atoms with Crippen LogP contribution in [0.5, 0.6) is 17.2 Å². The highest BCUT2D eigenvalue weighted by atomic mass is 16.6. The van der Waals surface area contributed by atoms with E-state index < -0.39 is 52.4 Å². The van der Waals surface area contributed by atoms with E-state index in [0.717, 1.165) is 0 Å². The zero-order valence-corrected chi connectivity index (χ0v) is 23.8. The second-order valence-electron chi connectivity index (χ2n) is 10.7. The molecule has 2 aliphatic heterocycles. The Morgan fingerprint density at radius 3 is 2.16 bits per heavy atom.